The predicted octanol–water partition coefficient (Wildman–Crippen LogP) is 2.37. The predicted molar refractivity (Wildman–Crippen MR) is 87.1 cm³/mol. The van der Waals surface area contributed by atoms with Crippen molar-refractivity contribution in [3.63, 3.8) is 0 Å². The zero-order valence-corrected chi connectivity index (χ0v) is 14.1. The Labute approximate surface area is 135 Å². The van der Waals surface area contributed by atoms with E-state index in [9.17, 15) is 0 Å². The van der Waals surface area contributed by atoms with Crippen molar-refractivity contribution in [1.82, 2.24) is 15.8 Å². The van der Waals surface area contributed by atoms with Crippen LogP contribution in [0.4, 0.5) is 0 Å². The summed E-state index contributed by atoms with van der Waals surface area (Å²) in [5, 5.41) is 10.3. The normalized spacial score (nSPS) is 11.1. The number of rotatable bonds is 4. The molecule has 6 nitrogen and oxygen atoms in total. The maximum Gasteiger partial charge on any atom is 0.191 e. The molecule has 110 valence electrons. The summed E-state index contributed by atoms with van der Waals surface area (Å²) >= 11 is 0. The number of nitrogens with zero attached hydrogens (tertiary/aromatic N) is 2. The van der Waals surface area contributed by atoms with E-state index in [-0.39, 0.29) is 24.0 Å². The highest BCUT2D eigenvalue weighted by molar-refractivity contribution is 14.0. The van der Waals surface area contributed by atoms with Gasteiger partial charge in [0.25, 0.3) is 0 Å². The topological polar surface area (TPSA) is 75.6 Å². The van der Waals surface area contributed by atoms with Gasteiger partial charge in [0, 0.05) is 31.3 Å². The van der Waals surface area contributed by atoms with E-state index in [0.29, 0.717) is 13.1 Å². The van der Waals surface area contributed by atoms with Crippen molar-refractivity contribution in [2.75, 3.05) is 7.05 Å². The van der Waals surface area contributed by atoms with E-state index in [2.05, 4.69) is 20.8 Å². The molecule has 0 aromatic carbocycles. The van der Waals surface area contributed by atoms with Gasteiger partial charge in [-0.2, -0.15) is 0 Å². The van der Waals surface area contributed by atoms with Gasteiger partial charge in [0.05, 0.1) is 18.2 Å². The first kappa shape index (κ1) is 16.5. The van der Waals surface area contributed by atoms with E-state index in [0.717, 1.165) is 28.5 Å². The molecular weight excluding hydrogens is 371 g/mol. The van der Waals surface area contributed by atoms with E-state index in [1.165, 1.54) is 0 Å². The molecule has 0 saturated carbocycles. The summed E-state index contributed by atoms with van der Waals surface area (Å²) in [7, 11) is 1.73. The first-order chi connectivity index (χ1) is 9.20. The molecule has 0 unspecified atom stereocenters. The fraction of sp³-hybridized carbons (Fsp3) is 0.385. The minimum absolute atomic E-state index is 0. The molecule has 7 heteroatoms. The molecule has 0 spiro atoms. The van der Waals surface area contributed by atoms with Crippen LogP contribution in [-0.2, 0) is 13.1 Å². The highest BCUT2D eigenvalue weighted by atomic mass is 127. The summed E-state index contributed by atoms with van der Waals surface area (Å²) in [5.41, 5.74) is 3.03. The van der Waals surface area contributed by atoms with Crippen molar-refractivity contribution in [2.24, 2.45) is 4.99 Å². The molecule has 0 aliphatic rings. The molecule has 2 aromatic heterocycles. The average molecular weight is 390 g/mol. The maximum absolute atomic E-state index is 5.12. The van der Waals surface area contributed by atoms with Crippen LogP contribution in [0.1, 0.15) is 22.6 Å². The average Bonchev–Trinajstić information content (AvgIpc) is 3.02. The van der Waals surface area contributed by atoms with Crippen LogP contribution in [0, 0.1) is 13.8 Å². The van der Waals surface area contributed by atoms with E-state index in [4.69, 9.17) is 8.94 Å². The van der Waals surface area contributed by atoms with Gasteiger partial charge in [0.15, 0.2) is 5.96 Å². The Morgan fingerprint density at radius 3 is 2.60 bits per heavy atom. The van der Waals surface area contributed by atoms with Gasteiger partial charge in [-0.3, -0.25) is 4.99 Å². The van der Waals surface area contributed by atoms with Crippen LogP contribution in [0.25, 0.3) is 0 Å². The highest BCUT2D eigenvalue weighted by Gasteiger charge is 2.09. The van der Waals surface area contributed by atoms with Gasteiger partial charge in [0.2, 0.25) is 0 Å². The van der Waals surface area contributed by atoms with Gasteiger partial charge in [-0.05, 0) is 19.9 Å². The van der Waals surface area contributed by atoms with Gasteiger partial charge in [0.1, 0.15) is 5.76 Å². The number of hydrogen-bond acceptors (Lipinski definition) is 4. The highest BCUT2D eigenvalue weighted by Crippen LogP contribution is 2.11. The lowest BCUT2D eigenvalue weighted by atomic mass is 10.2. The zero-order chi connectivity index (χ0) is 13.7. The second kappa shape index (κ2) is 7.93. The second-order valence-corrected chi connectivity index (χ2v) is 4.21. The molecule has 0 radical (unpaired) electrons. The van der Waals surface area contributed by atoms with Crippen LogP contribution in [0.15, 0.2) is 32.5 Å². The minimum atomic E-state index is 0. The smallest absolute Gasteiger partial charge is 0.191 e. The monoisotopic (exact) mass is 390 g/mol. The summed E-state index contributed by atoms with van der Waals surface area (Å²) in [4.78, 5) is 4.16. The van der Waals surface area contributed by atoms with E-state index in [1.807, 2.05) is 19.9 Å². The van der Waals surface area contributed by atoms with Crippen molar-refractivity contribution < 1.29 is 8.94 Å². The van der Waals surface area contributed by atoms with Crippen molar-refractivity contribution in [3.8, 4) is 0 Å². The van der Waals surface area contributed by atoms with Gasteiger partial charge in [-0.25, -0.2) is 0 Å². The summed E-state index contributed by atoms with van der Waals surface area (Å²) < 4.78 is 10.1. The Bertz CT molecular complexity index is 529. The van der Waals surface area contributed by atoms with Crippen LogP contribution in [0.2, 0.25) is 0 Å². The van der Waals surface area contributed by atoms with Crippen LogP contribution in [0.3, 0.4) is 0 Å². The molecular formula is C13H19IN4O2. The van der Waals surface area contributed by atoms with Crippen LogP contribution < -0.4 is 10.6 Å². The van der Waals surface area contributed by atoms with Gasteiger partial charge < -0.3 is 19.6 Å². The Kier molecular flexibility index (Phi) is 6.56. The number of guanidine groups is 1. The first-order valence-corrected chi connectivity index (χ1v) is 6.08. The molecule has 0 fully saturated rings. The summed E-state index contributed by atoms with van der Waals surface area (Å²) in [5.74, 6) is 1.55. The molecule has 2 rings (SSSR count). The Morgan fingerprint density at radius 2 is 2.05 bits per heavy atom. The third-order valence-electron chi connectivity index (χ3n) is 2.88. The zero-order valence-electron chi connectivity index (χ0n) is 11.8. The molecule has 0 atom stereocenters. The van der Waals surface area contributed by atoms with E-state index in [1.54, 1.807) is 19.6 Å². The Balaban J connectivity index is 0.00000200. The largest absolute Gasteiger partial charge is 0.472 e. The molecule has 2 N–H and O–H groups in total. The number of hydrogen-bond donors (Lipinski definition) is 2. The number of aromatic nitrogens is 1. The maximum atomic E-state index is 5.12. The summed E-state index contributed by atoms with van der Waals surface area (Å²) in [6.45, 7) is 5.12. The minimum Gasteiger partial charge on any atom is -0.472 e. The molecule has 2 heterocycles. The summed E-state index contributed by atoms with van der Waals surface area (Å²) in [6, 6.07) is 1.91. The second-order valence-electron chi connectivity index (χ2n) is 4.21. The third kappa shape index (κ3) is 4.26. The number of nitrogens with one attached hydrogen (secondary N) is 2. The molecule has 0 aliphatic carbocycles. The number of halogens is 1. The van der Waals surface area contributed by atoms with E-state index >= 15 is 0 Å². The Morgan fingerprint density at radius 1 is 1.30 bits per heavy atom. The van der Waals surface area contributed by atoms with Crippen molar-refractivity contribution in [3.05, 3.63) is 41.2 Å². The fourth-order valence-corrected chi connectivity index (χ4v) is 1.73. The van der Waals surface area contributed by atoms with Crippen molar-refractivity contribution in [2.45, 2.75) is 26.9 Å². The molecule has 0 saturated heterocycles. The van der Waals surface area contributed by atoms with Gasteiger partial charge in [-0.1, -0.05) is 5.16 Å². The number of furan rings is 1. The Hall–Kier alpha value is -1.51. The van der Waals surface area contributed by atoms with Crippen molar-refractivity contribution >= 4 is 29.9 Å². The SMILES string of the molecule is CN=C(NCc1ccoc1)NCc1c(C)noc1C.I. The molecule has 2 aromatic rings. The number of aryl methyl sites for hydroxylation is 2. The lowest BCUT2D eigenvalue weighted by molar-refractivity contribution is 0.392. The van der Waals surface area contributed by atoms with E-state index < -0.39 is 0 Å². The first-order valence-electron chi connectivity index (χ1n) is 6.08. The lowest BCUT2D eigenvalue weighted by Crippen LogP contribution is -2.36. The van der Waals surface area contributed by atoms with Crippen LogP contribution in [-0.4, -0.2) is 18.2 Å². The van der Waals surface area contributed by atoms with Crippen LogP contribution in [0.5, 0.6) is 0 Å². The molecule has 0 bridgehead atoms. The third-order valence-corrected chi connectivity index (χ3v) is 2.88. The quantitative estimate of drug-likeness (QED) is 0.476. The lowest BCUT2D eigenvalue weighted by Gasteiger charge is -2.10. The van der Waals surface area contributed by atoms with Gasteiger partial charge >= 0.3 is 0 Å². The molecule has 0 amide bonds. The van der Waals surface area contributed by atoms with Crippen molar-refractivity contribution in [1.29, 1.82) is 0 Å². The fourth-order valence-electron chi connectivity index (χ4n) is 1.73. The molecule has 0 aliphatic heterocycles. The molecule has 20 heavy (non-hydrogen) atoms. The van der Waals surface area contributed by atoms with Gasteiger partial charge in [-0.15, -0.1) is 24.0 Å². The van der Waals surface area contributed by atoms with Crippen LogP contribution >= 0.6 is 24.0 Å². The summed E-state index contributed by atoms with van der Waals surface area (Å²) in [6.07, 6.45) is 3.35. The number of aliphatic imine (C=N–C) groups is 1. The standard InChI is InChI=1S/C13H18N4O2.HI/c1-9-12(10(2)19-17-9)7-16-13(14-3)15-6-11-4-5-18-8-11;/h4-5,8H,6-7H2,1-3H3,(H2,14,15,16);1H.